The minimum Gasteiger partial charge on any atom is -0.366 e. The Balaban J connectivity index is 1.71. The topological polar surface area (TPSA) is 92.5 Å². The Labute approximate surface area is 156 Å². The number of nitrogens with one attached hydrogen (secondary N) is 1. The normalized spacial score (nSPS) is 20.4. The number of benzene rings is 2. The van der Waals surface area contributed by atoms with E-state index in [1.54, 1.807) is 24.3 Å². The first-order chi connectivity index (χ1) is 12.8. The fraction of sp³-hybridized carbons (Fsp3) is 0.167. The van der Waals surface area contributed by atoms with Crippen LogP contribution in [-0.2, 0) is 9.59 Å². The van der Waals surface area contributed by atoms with E-state index in [9.17, 15) is 23.2 Å². The predicted molar refractivity (Wildman–Crippen MR) is 95.3 cm³/mol. The summed E-state index contributed by atoms with van der Waals surface area (Å²) in [6, 6.07) is 8.44. The van der Waals surface area contributed by atoms with E-state index in [1.807, 2.05) is 0 Å². The molecule has 3 amide bonds. The van der Waals surface area contributed by atoms with Crippen molar-refractivity contribution in [2.75, 3.05) is 10.2 Å². The van der Waals surface area contributed by atoms with Crippen LogP contribution in [0.2, 0.25) is 0 Å². The summed E-state index contributed by atoms with van der Waals surface area (Å²) in [5.41, 5.74) is 4.79. The highest BCUT2D eigenvalue weighted by molar-refractivity contribution is 8.02. The molecule has 138 valence electrons. The molecular formula is C18H13F2N3O3S. The van der Waals surface area contributed by atoms with E-state index >= 15 is 0 Å². The van der Waals surface area contributed by atoms with Gasteiger partial charge in [-0.25, -0.2) is 8.78 Å². The van der Waals surface area contributed by atoms with Crippen LogP contribution >= 0.6 is 11.8 Å². The number of carbonyl (C=O) groups excluding carboxylic acids is 3. The van der Waals surface area contributed by atoms with Gasteiger partial charge in [-0.05, 0) is 24.6 Å². The quantitative estimate of drug-likeness (QED) is 0.844. The molecule has 0 radical (unpaired) electrons. The van der Waals surface area contributed by atoms with Crippen LogP contribution in [0.15, 0.2) is 41.3 Å². The Bertz CT molecular complexity index is 1010. The van der Waals surface area contributed by atoms with Crippen LogP contribution in [0.5, 0.6) is 0 Å². The molecule has 27 heavy (non-hydrogen) atoms. The highest BCUT2D eigenvalue weighted by Gasteiger charge is 2.57. The van der Waals surface area contributed by atoms with E-state index in [4.69, 9.17) is 5.73 Å². The van der Waals surface area contributed by atoms with Gasteiger partial charge in [-0.3, -0.25) is 19.3 Å². The molecule has 1 unspecified atom stereocenters. The smallest absolute Gasteiger partial charge is 0.261 e. The molecule has 2 aromatic carbocycles. The van der Waals surface area contributed by atoms with Gasteiger partial charge in [-0.2, -0.15) is 0 Å². The number of halogens is 2. The largest absolute Gasteiger partial charge is 0.366 e. The van der Waals surface area contributed by atoms with Crippen LogP contribution in [0.1, 0.15) is 23.2 Å². The molecule has 3 N–H and O–H groups in total. The van der Waals surface area contributed by atoms with E-state index in [1.165, 1.54) is 16.7 Å². The second kappa shape index (κ2) is 6.05. The number of nitrogens with zero attached hydrogens (tertiary/aromatic N) is 1. The van der Waals surface area contributed by atoms with Crippen LogP contribution in [0.25, 0.3) is 0 Å². The van der Waals surface area contributed by atoms with Gasteiger partial charge in [0.2, 0.25) is 5.91 Å². The van der Waals surface area contributed by atoms with Crippen LogP contribution in [0.4, 0.5) is 20.2 Å². The second-order valence-corrected chi connectivity index (χ2v) is 7.53. The lowest BCUT2D eigenvalue weighted by Gasteiger charge is -2.29. The van der Waals surface area contributed by atoms with Gasteiger partial charge in [0.1, 0.15) is 11.6 Å². The molecule has 0 aliphatic carbocycles. The lowest BCUT2D eigenvalue weighted by Crippen LogP contribution is -2.49. The highest BCUT2D eigenvalue weighted by Crippen LogP contribution is 2.56. The van der Waals surface area contributed by atoms with Crippen LogP contribution in [0.3, 0.4) is 0 Å². The molecule has 1 fully saturated rings. The number of hydrogen-bond acceptors (Lipinski definition) is 4. The Morgan fingerprint density at radius 2 is 1.93 bits per heavy atom. The van der Waals surface area contributed by atoms with Gasteiger partial charge < -0.3 is 11.1 Å². The first-order valence-electron chi connectivity index (χ1n) is 8.05. The number of primary amides is 1. The number of amides is 3. The van der Waals surface area contributed by atoms with Gasteiger partial charge in [0.05, 0.1) is 16.9 Å². The molecule has 4 rings (SSSR count). The molecule has 0 saturated carbocycles. The molecule has 2 aliphatic rings. The summed E-state index contributed by atoms with van der Waals surface area (Å²) in [5.74, 6) is -4.08. The maximum absolute atomic E-state index is 14.1. The Kier molecular flexibility index (Phi) is 3.92. The van der Waals surface area contributed by atoms with Crippen molar-refractivity contribution >= 4 is 40.9 Å². The van der Waals surface area contributed by atoms with E-state index in [2.05, 4.69) is 5.32 Å². The zero-order valence-corrected chi connectivity index (χ0v) is 14.6. The first-order valence-corrected chi connectivity index (χ1v) is 8.86. The summed E-state index contributed by atoms with van der Waals surface area (Å²) in [5, 5.41) is 2.39. The van der Waals surface area contributed by atoms with E-state index in [-0.39, 0.29) is 24.4 Å². The number of anilines is 2. The van der Waals surface area contributed by atoms with Gasteiger partial charge in [-0.1, -0.05) is 23.9 Å². The summed E-state index contributed by atoms with van der Waals surface area (Å²) in [4.78, 5) is 37.6. The third-order valence-electron chi connectivity index (χ3n) is 4.60. The zero-order valence-electron chi connectivity index (χ0n) is 13.8. The van der Waals surface area contributed by atoms with Crippen molar-refractivity contribution in [1.29, 1.82) is 0 Å². The van der Waals surface area contributed by atoms with Crippen LogP contribution in [-0.4, -0.2) is 22.6 Å². The lowest BCUT2D eigenvalue weighted by atomic mass is 10.1. The molecule has 0 aromatic heterocycles. The monoisotopic (exact) mass is 389 g/mol. The van der Waals surface area contributed by atoms with Crippen molar-refractivity contribution in [2.45, 2.75) is 22.6 Å². The molecule has 1 atom stereocenters. The first kappa shape index (κ1) is 17.5. The molecule has 0 spiro atoms. The summed E-state index contributed by atoms with van der Waals surface area (Å²) in [7, 11) is 0. The summed E-state index contributed by atoms with van der Waals surface area (Å²) in [6.45, 7) is 0. The van der Waals surface area contributed by atoms with Crippen LogP contribution in [0, 0.1) is 11.6 Å². The minimum absolute atomic E-state index is 0.174. The number of thioether (sulfide) groups is 1. The molecule has 2 aliphatic heterocycles. The fourth-order valence-corrected chi connectivity index (χ4v) is 4.77. The maximum Gasteiger partial charge on any atom is 0.261 e. The number of nitrogens with two attached hydrogens (primary N) is 1. The third-order valence-corrected chi connectivity index (χ3v) is 6.07. The van der Waals surface area contributed by atoms with Crippen molar-refractivity contribution in [3.63, 3.8) is 0 Å². The van der Waals surface area contributed by atoms with Gasteiger partial charge in [0.15, 0.2) is 4.87 Å². The summed E-state index contributed by atoms with van der Waals surface area (Å²) >= 11 is 1.21. The van der Waals surface area contributed by atoms with Crippen LogP contribution < -0.4 is 16.0 Å². The molecular weight excluding hydrogens is 376 g/mol. The van der Waals surface area contributed by atoms with Crippen molar-refractivity contribution < 1.29 is 23.2 Å². The standard InChI is InChI=1S/C18H13F2N3O3S/c19-10-8-11(20)12(7-9(10)16(21)25)22-17(26)18-6-5-15(24)23(18)13-3-1-2-4-14(13)27-18/h1-4,7-8H,5-6H2,(H2,21,25)(H,22,26). The van der Waals surface area contributed by atoms with Crippen molar-refractivity contribution in [2.24, 2.45) is 5.73 Å². The SMILES string of the molecule is NC(=O)c1cc(NC(=O)C23CCC(=O)N2c2ccccc2S3)c(F)cc1F. The zero-order chi connectivity index (χ0) is 19.3. The number of carbonyl (C=O) groups is 3. The lowest BCUT2D eigenvalue weighted by molar-refractivity contribution is -0.121. The van der Waals surface area contributed by atoms with E-state index < -0.39 is 33.9 Å². The van der Waals surface area contributed by atoms with Gasteiger partial charge in [0.25, 0.3) is 11.8 Å². The number of para-hydroxylation sites is 1. The Morgan fingerprint density at radius 1 is 1.19 bits per heavy atom. The minimum atomic E-state index is -1.26. The molecule has 9 heteroatoms. The average Bonchev–Trinajstić information content (AvgIpc) is 3.13. The molecule has 2 heterocycles. The Hall–Kier alpha value is -2.94. The predicted octanol–water partition coefficient (Wildman–Crippen LogP) is 2.63. The number of fused-ring (bicyclic) bond motifs is 3. The number of hydrogen-bond donors (Lipinski definition) is 2. The maximum atomic E-state index is 14.1. The molecule has 6 nitrogen and oxygen atoms in total. The van der Waals surface area contributed by atoms with Crippen molar-refractivity contribution in [3.05, 3.63) is 53.6 Å². The summed E-state index contributed by atoms with van der Waals surface area (Å²) in [6.07, 6.45) is 0.412. The Morgan fingerprint density at radius 3 is 2.67 bits per heavy atom. The summed E-state index contributed by atoms with van der Waals surface area (Å²) < 4.78 is 27.8. The fourth-order valence-electron chi connectivity index (χ4n) is 3.35. The van der Waals surface area contributed by atoms with Crippen molar-refractivity contribution in [3.8, 4) is 0 Å². The van der Waals surface area contributed by atoms with Crippen molar-refractivity contribution in [1.82, 2.24) is 0 Å². The number of rotatable bonds is 3. The third kappa shape index (κ3) is 2.57. The van der Waals surface area contributed by atoms with Gasteiger partial charge in [0, 0.05) is 17.4 Å². The van der Waals surface area contributed by atoms with E-state index in [0.29, 0.717) is 11.8 Å². The van der Waals surface area contributed by atoms with E-state index in [0.717, 1.165) is 11.0 Å². The molecule has 0 bridgehead atoms. The second-order valence-electron chi connectivity index (χ2n) is 6.21. The van der Waals surface area contributed by atoms with Gasteiger partial charge in [-0.15, -0.1) is 0 Å². The van der Waals surface area contributed by atoms with Gasteiger partial charge >= 0.3 is 0 Å². The highest BCUT2D eigenvalue weighted by atomic mass is 32.2. The molecule has 2 aromatic rings. The molecule has 1 saturated heterocycles. The average molecular weight is 389 g/mol.